The van der Waals surface area contributed by atoms with Crippen LogP contribution in [0, 0.1) is 5.92 Å². The Morgan fingerprint density at radius 2 is 1.69 bits per heavy atom. The van der Waals surface area contributed by atoms with Crippen LogP contribution in [0.25, 0.3) is 0 Å². The summed E-state index contributed by atoms with van der Waals surface area (Å²) < 4.78 is 10.6. The summed E-state index contributed by atoms with van der Waals surface area (Å²) in [4.78, 5) is 32.1. The SMILES string of the molecule is COc1cc(OC)cc(C(=O)N2CCCN([C@@H]3CCN(CC4CC4)C3=O)CC2)c1. The van der Waals surface area contributed by atoms with Crippen LogP contribution in [0.3, 0.4) is 0 Å². The molecule has 0 unspecified atom stereocenters. The number of carbonyl (C=O) groups is 2. The predicted molar refractivity (Wildman–Crippen MR) is 109 cm³/mol. The summed E-state index contributed by atoms with van der Waals surface area (Å²) in [5, 5.41) is 0. The Morgan fingerprint density at radius 1 is 0.966 bits per heavy atom. The molecular weight excluding hydrogens is 370 g/mol. The molecule has 2 amide bonds. The molecule has 2 saturated heterocycles. The summed E-state index contributed by atoms with van der Waals surface area (Å²) in [6.07, 6.45) is 4.32. The maximum absolute atomic E-state index is 13.1. The molecule has 2 aliphatic heterocycles. The largest absolute Gasteiger partial charge is 0.497 e. The van der Waals surface area contributed by atoms with E-state index in [1.807, 2.05) is 4.90 Å². The molecule has 1 saturated carbocycles. The number of nitrogens with zero attached hydrogens (tertiary/aromatic N) is 3. The van der Waals surface area contributed by atoms with Gasteiger partial charge < -0.3 is 19.3 Å². The standard InChI is InChI=1S/C22H31N3O4/c1-28-18-12-17(13-19(14-18)29-2)21(26)24-8-3-7-23(10-11-24)20-6-9-25(22(20)27)15-16-4-5-16/h12-14,16,20H,3-11,15H2,1-2H3/t20-/m1/s1. The van der Waals surface area contributed by atoms with Crippen molar-refractivity contribution in [1.29, 1.82) is 0 Å². The third kappa shape index (κ3) is 4.50. The van der Waals surface area contributed by atoms with Crippen LogP contribution in [0.15, 0.2) is 18.2 Å². The summed E-state index contributed by atoms with van der Waals surface area (Å²) in [7, 11) is 3.16. The Kier molecular flexibility index (Phi) is 5.94. The highest BCUT2D eigenvalue weighted by Gasteiger charge is 2.38. The molecule has 158 valence electrons. The molecule has 0 bridgehead atoms. The zero-order valence-electron chi connectivity index (χ0n) is 17.4. The van der Waals surface area contributed by atoms with Gasteiger partial charge in [0.2, 0.25) is 5.91 Å². The van der Waals surface area contributed by atoms with E-state index >= 15 is 0 Å². The van der Waals surface area contributed by atoms with Crippen LogP contribution in [0.5, 0.6) is 11.5 Å². The molecule has 3 aliphatic rings. The predicted octanol–water partition coefficient (Wildman–Crippen LogP) is 1.86. The zero-order valence-corrected chi connectivity index (χ0v) is 17.4. The van der Waals surface area contributed by atoms with Crippen LogP contribution < -0.4 is 9.47 Å². The molecule has 29 heavy (non-hydrogen) atoms. The lowest BCUT2D eigenvalue weighted by Crippen LogP contribution is -2.44. The highest BCUT2D eigenvalue weighted by molar-refractivity contribution is 5.95. The van der Waals surface area contributed by atoms with E-state index < -0.39 is 0 Å². The van der Waals surface area contributed by atoms with E-state index in [-0.39, 0.29) is 17.9 Å². The fraction of sp³-hybridized carbons (Fsp3) is 0.636. The smallest absolute Gasteiger partial charge is 0.254 e. The number of hydrogen-bond donors (Lipinski definition) is 0. The quantitative estimate of drug-likeness (QED) is 0.728. The molecule has 7 nitrogen and oxygen atoms in total. The van der Waals surface area contributed by atoms with Crippen molar-refractivity contribution in [3.8, 4) is 11.5 Å². The molecule has 1 aromatic rings. The lowest BCUT2D eigenvalue weighted by Gasteiger charge is -2.26. The van der Waals surface area contributed by atoms with Crippen molar-refractivity contribution in [2.45, 2.75) is 31.7 Å². The first-order chi connectivity index (χ1) is 14.1. The fourth-order valence-electron chi connectivity index (χ4n) is 4.42. The number of benzene rings is 1. The fourth-order valence-corrected chi connectivity index (χ4v) is 4.42. The number of rotatable bonds is 6. The summed E-state index contributed by atoms with van der Waals surface area (Å²) >= 11 is 0. The first-order valence-electron chi connectivity index (χ1n) is 10.6. The molecule has 0 N–H and O–H groups in total. The Morgan fingerprint density at radius 3 is 2.34 bits per heavy atom. The van der Waals surface area contributed by atoms with Crippen LogP contribution in [0.2, 0.25) is 0 Å². The summed E-state index contributed by atoms with van der Waals surface area (Å²) in [6.45, 7) is 4.74. The minimum atomic E-state index is -0.0165. The number of ether oxygens (including phenoxy) is 2. The number of likely N-dealkylation sites (tertiary alicyclic amines) is 1. The summed E-state index contributed by atoms with van der Waals surface area (Å²) in [5.41, 5.74) is 0.571. The molecule has 1 aliphatic carbocycles. The lowest BCUT2D eigenvalue weighted by molar-refractivity contribution is -0.132. The van der Waals surface area contributed by atoms with Crippen molar-refractivity contribution in [3.63, 3.8) is 0 Å². The van der Waals surface area contributed by atoms with Crippen LogP contribution in [-0.4, -0.2) is 86.0 Å². The molecule has 0 aromatic heterocycles. The van der Waals surface area contributed by atoms with Gasteiger partial charge in [0.25, 0.3) is 5.91 Å². The average molecular weight is 402 g/mol. The molecule has 7 heteroatoms. The van der Waals surface area contributed by atoms with Crippen LogP contribution in [0.1, 0.15) is 36.0 Å². The monoisotopic (exact) mass is 401 g/mol. The van der Waals surface area contributed by atoms with E-state index in [2.05, 4.69) is 9.80 Å². The van der Waals surface area contributed by atoms with Gasteiger partial charge in [0.15, 0.2) is 0 Å². The van der Waals surface area contributed by atoms with Crippen molar-refractivity contribution < 1.29 is 19.1 Å². The van der Waals surface area contributed by atoms with E-state index in [4.69, 9.17) is 9.47 Å². The second kappa shape index (κ2) is 8.61. The summed E-state index contributed by atoms with van der Waals surface area (Å²) in [5.74, 6) is 2.22. The van der Waals surface area contributed by atoms with Gasteiger partial charge in [-0.05, 0) is 43.7 Å². The maximum atomic E-state index is 13.1. The van der Waals surface area contributed by atoms with Gasteiger partial charge in [0.1, 0.15) is 11.5 Å². The van der Waals surface area contributed by atoms with Crippen molar-refractivity contribution in [3.05, 3.63) is 23.8 Å². The Bertz CT molecular complexity index is 742. The van der Waals surface area contributed by atoms with Crippen molar-refractivity contribution in [2.75, 3.05) is 53.5 Å². The van der Waals surface area contributed by atoms with Crippen molar-refractivity contribution in [2.24, 2.45) is 5.92 Å². The molecule has 2 heterocycles. The van der Waals surface area contributed by atoms with Crippen molar-refractivity contribution in [1.82, 2.24) is 14.7 Å². The van der Waals surface area contributed by atoms with Gasteiger partial charge in [-0.25, -0.2) is 0 Å². The summed E-state index contributed by atoms with van der Waals surface area (Å²) in [6, 6.07) is 5.26. The minimum Gasteiger partial charge on any atom is -0.497 e. The number of methoxy groups -OCH3 is 2. The van der Waals surface area contributed by atoms with Gasteiger partial charge in [0.05, 0.1) is 20.3 Å². The number of hydrogen-bond acceptors (Lipinski definition) is 5. The van der Waals surface area contributed by atoms with Crippen LogP contribution >= 0.6 is 0 Å². The van der Waals surface area contributed by atoms with Gasteiger partial charge in [-0.15, -0.1) is 0 Å². The molecule has 0 radical (unpaired) electrons. The lowest BCUT2D eigenvalue weighted by atomic mass is 10.1. The first kappa shape index (κ1) is 20.0. The van der Waals surface area contributed by atoms with E-state index in [0.29, 0.717) is 30.2 Å². The van der Waals surface area contributed by atoms with Gasteiger partial charge in [-0.3, -0.25) is 14.5 Å². The van der Waals surface area contributed by atoms with E-state index in [9.17, 15) is 9.59 Å². The topological polar surface area (TPSA) is 62.3 Å². The molecule has 0 spiro atoms. The number of carbonyl (C=O) groups excluding carboxylic acids is 2. The third-order valence-corrected chi connectivity index (χ3v) is 6.30. The molecule has 4 rings (SSSR count). The van der Waals surface area contributed by atoms with E-state index in [0.717, 1.165) is 44.9 Å². The second-order valence-corrected chi connectivity index (χ2v) is 8.32. The normalized spacial score (nSPS) is 23.2. The van der Waals surface area contributed by atoms with Crippen LogP contribution in [-0.2, 0) is 4.79 Å². The third-order valence-electron chi connectivity index (χ3n) is 6.30. The van der Waals surface area contributed by atoms with E-state index in [1.54, 1.807) is 32.4 Å². The zero-order chi connectivity index (χ0) is 20.4. The average Bonchev–Trinajstić information content (AvgIpc) is 3.53. The van der Waals surface area contributed by atoms with Crippen molar-refractivity contribution >= 4 is 11.8 Å². The van der Waals surface area contributed by atoms with Crippen LogP contribution in [0.4, 0.5) is 0 Å². The van der Waals surface area contributed by atoms with Gasteiger partial charge >= 0.3 is 0 Å². The van der Waals surface area contributed by atoms with Gasteiger partial charge in [0, 0.05) is 50.9 Å². The minimum absolute atomic E-state index is 0.0132. The van der Waals surface area contributed by atoms with E-state index in [1.165, 1.54) is 12.8 Å². The highest BCUT2D eigenvalue weighted by atomic mass is 16.5. The van der Waals surface area contributed by atoms with Gasteiger partial charge in [-0.1, -0.05) is 0 Å². The van der Waals surface area contributed by atoms with Gasteiger partial charge in [-0.2, -0.15) is 0 Å². The number of amides is 2. The Labute approximate surface area is 172 Å². The Balaban J connectivity index is 1.38. The molecular formula is C22H31N3O4. The highest BCUT2D eigenvalue weighted by Crippen LogP contribution is 2.32. The first-order valence-corrected chi connectivity index (χ1v) is 10.6. The Hall–Kier alpha value is -2.28. The molecule has 1 aromatic carbocycles. The maximum Gasteiger partial charge on any atom is 0.254 e. The molecule has 1 atom stereocenters. The second-order valence-electron chi connectivity index (χ2n) is 8.32. The molecule has 3 fully saturated rings.